The fourth-order valence-corrected chi connectivity index (χ4v) is 3.02. The maximum atomic E-state index is 12.0. The Bertz CT molecular complexity index is 479. The van der Waals surface area contributed by atoms with Gasteiger partial charge in [0.15, 0.2) is 0 Å². The lowest BCUT2D eigenvalue weighted by Gasteiger charge is -2.34. The molecule has 0 saturated carbocycles. The fourth-order valence-electron chi connectivity index (χ4n) is 2.55. The summed E-state index contributed by atoms with van der Waals surface area (Å²) in [5.74, 6) is -0.128. The van der Waals surface area contributed by atoms with Gasteiger partial charge in [-0.25, -0.2) is 0 Å². The normalized spacial score (nSPS) is 19.9. The standard InChI is InChI=1S/C15H19Cl2NO2/c1-2-20-15(19)14-5-3-4-8-18(14)10-11-6-7-12(16)9-13(11)17/h6-7,9,14H,2-5,8,10H2,1H3/t14-/m1/s1. The van der Waals surface area contributed by atoms with E-state index in [1.54, 1.807) is 6.07 Å². The van der Waals surface area contributed by atoms with Crippen LogP contribution in [0.4, 0.5) is 0 Å². The summed E-state index contributed by atoms with van der Waals surface area (Å²) in [5, 5.41) is 1.27. The number of esters is 1. The van der Waals surface area contributed by atoms with Crippen molar-refractivity contribution in [1.82, 2.24) is 4.90 Å². The van der Waals surface area contributed by atoms with Gasteiger partial charge in [-0.15, -0.1) is 0 Å². The largest absolute Gasteiger partial charge is 0.465 e. The van der Waals surface area contributed by atoms with Crippen LogP contribution < -0.4 is 0 Å². The number of hydrogen-bond donors (Lipinski definition) is 0. The van der Waals surface area contributed by atoms with E-state index in [-0.39, 0.29) is 12.0 Å². The summed E-state index contributed by atoms with van der Waals surface area (Å²) >= 11 is 12.1. The summed E-state index contributed by atoms with van der Waals surface area (Å²) in [6.07, 6.45) is 3.01. The Kier molecular flexibility index (Phi) is 5.70. The van der Waals surface area contributed by atoms with E-state index in [0.29, 0.717) is 23.2 Å². The Morgan fingerprint density at radius 1 is 1.40 bits per heavy atom. The molecule has 1 fully saturated rings. The molecule has 0 aliphatic carbocycles. The van der Waals surface area contributed by atoms with Gasteiger partial charge < -0.3 is 4.74 Å². The van der Waals surface area contributed by atoms with Crippen LogP contribution in [0.15, 0.2) is 18.2 Å². The monoisotopic (exact) mass is 315 g/mol. The van der Waals surface area contributed by atoms with Crippen LogP contribution in [0.1, 0.15) is 31.7 Å². The van der Waals surface area contributed by atoms with Gasteiger partial charge in [0.25, 0.3) is 0 Å². The summed E-state index contributed by atoms with van der Waals surface area (Å²) in [6, 6.07) is 5.32. The number of nitrogens with zero attached hydrogens (tertiary/aromatic N) is 1. The van der Waals surface area contributed by atoms with E-state index in [2.05, 4.69) is 4.90 Å². The molecule has 1 saturated heterocycles. The Morgan fingerprint density at radius 3 is 2.90 bits per heavy atom. The molecule has 1 atom stereocenters. The molecule has 1 aliphatic rings. The Balaban J connectivity index is 2.10. The summed E-state index contributed by atoms with van der Waals surface area (Å²) < 4.78 is 5.16. The Hall–Kier alpha value is -0.770. The van der Waals surface area contributed by atoms with Crippen molar-refractivity contribution in [3.8, 4) is 0 Å². The molecule has 5 heteroatoms. The van der Waals surface area contributed by atoms with E-state index in [1.165, 1.54) is 0 Å². The number of ether oxygens (including phenoxy) is 1. The lowest BCUT2D eigenvalue weighted by Crippen LogP contribution is -2.45. The van der Waals surface area contributed by atoms with Crippen molar-refractivity contribution in [3.05, 3.63) is 33.8 Å². The molecule has 0 unspecified atom stereocenters. The first-order valence-corrected chi connectivity index (χ1v) is 7.72. The van der Waals surface area contributed by atoms with Gasteiger partial charge in [-0.3, -0.25) is 9.69 Å². The van der Waals surface area contributed by atoms with Crippen molar-refractivity contribution >= 4 is 29.2 Å². The van der Waals surface area contributed by atoms with Crippen molar-refractivity contribution in [2.75, 3.05) is 13.2 Å². The minimum atomic E-state index is -0.157. The molecule has 2 rings (SSSR count). The first kappa shape index (κ1) is 15.6. The van der Waals surface area contributed by atoms with Crippen molar-refractivity contribution in [2.24, 2.45) is 0 Å². The van der Waals surface area contributed by atoms with Gasteiger partial charge in [-0.2, -0.15) is 0 Å². The van der Waals surface area contributed by atoms with Gasteiger partial charge in [0.2, 0.25) is 0 Å². The van der Waals surface area contributed by atoms with E-state index < -0.39 is 0 Å². The van der Waals surface area contributed by atoms with Crippen LogP contribution in [0.3, 0.4) is 0 Å². The number of benzene rings is 1. The molecular formula is C15H19Cl2NO2. The SMILES string of the molecule is CCOC(=O)[C@H]1CCCCN1Cc1ccc(Cl)cc1Cl. The molecule has 1 aliphatic heterocycles. The number of piperidine rings is 1. The van der Waals surface area contributed by atoms with Crippen LogP contribution in [0, 0.1) is 0 Å². The second-order valence-electron chi connectivity index (χ2n) is 4.97. The third kappa shape index (κ3) is 3.87. The minimum absolute atomic E-state index is 0.128. The topological polar surface area (TPSA) is 29.5 Å². The van der Waals surface area contributed by atoms with Gasteiger partial charge in [-0.1, -0.05) is 35.7 Å². The molecule has 0 N–H and O–H groups in total. The number of carbonyl (C=O) groups excluding carboxylic acids is 1. The first-order chi connectivity index (χ1) is 9.61. The van der Waals surface area contributed by atoms with E-state index in [1.807, 2.05) is 19.1 Å². The van der Waals surface area contributed by atoms with Crippen molar-refractivity contribution in [1.29, 1.82) is 0 Å². The third-order valence-electron chi connectivity index (χ3n) is 3.56. The molecule has 0 aromatic heterocycles. The predicted octanol–water partition coefficient (Wildman–Crippen LogP) is 3.91. The highest BCUT2D eigenvalue weighted by Crippen LogP contribution is 2.26. The van der Waals surface area contributed by atoms with Gasteiger partial charge in [-0.05, 0) is 44.0 Å². The van der Waals surface area contributed by atoms with Crippen molar-refractivity contribution in [3.63, 3.8) is 0 Å². The van der Waals surface area contributed by atoms with E-state index in [0.717, 1.165) is 31.4 Å². The molecular weight excluding hydrogens is 297 g/mol. The number of carbonyl (C=O) groups is 1. The van der Waals surface area contributed by atoms with Gasteiger partial charge >= 0.3 is 5.97 Å². The summed E-state index contributed by atoms with van der Waals surface area (Å²) in [5.41, 5.74) is 0.993. The average Bonchev–Trinajstić information content (AvgIpc) is 2.43. The van der Waals surface area contributed by atoms with Crippen molar-refractivity contribution < 1.29 is 9.53 Å². The van der Waals surface area contributed by atoms with E-state index >= 15 is 0 Å². The second kappa shape index (κ2) is 7.30. The summed E-state index contributed by atoms with van der Waals surface area (Å²) in [6.45, 7) is 3.80. The summed E-state index contributed by atoms with van der Waals surface area (Å²) in [7, 11) is 0. The van der Waals surface area contributed by atoms with Crippen LogP contribution in [-0.2, 0) is 16.1 Å². The van der Waals surface area contributed by atoms with E-state index in [9.17, 15) is 4.79 Å². The summed E-state index contributed by atoms with van der Waals surface area (Å²) in [4.78, 5) is 14.2. The molecule has 0 amide bonds. The highest BCUT2D eigenvalue weighted by atomic mass is 35.5. The van der Waals surface area contributed by atoms with Gasteiger partial charge in [0.1, 0.15) is 6.04 Å². The van der Waals surface area contributed by atoms with Crippen LogP contribution in [0.2, 0.25) is 10.0 Å². The smallest absolute Gasteiger partial charge is 0.323 e. The van der Waals surface area contributed by atoms with Crippen LogP contribution in [-0.4, -0.2) is 30.1 Å². The maximum absolute atomic E-state index is 12.0. The lowest BCUT2D eigenvalue weighted by molar-refractivity contribution is -0.151. The molecule has 110 valence electrons. The average molecular weight is 316 g/mol. The second-order valence-corrected chi connectivity index (χ2v) is 5.81. The van der Waals surface area contributed by atoms with E-state index in [4.69, 9.17) is 27.9 Å². The predicted molar refractivity (Wildman–Crippen MR) is 81.1 cm³/mol. The molecule has 1 aromatic rings. The highest BCUT2D eigenvalue weighted by molar-refractivity contribution is 6.35. The van der Waals surface area contributed by atoms with Crippen molar-refractivity contribution in [2.45, 2.75) is 38.8 Å². The zero-order valence-electron chi connectivity index (χ0n) is 11.6. The molecule has 0 bridgehead atoms. The number of likely N-dealkylation sites (tertiary alicyclic amines) is 1. The molecule has 0 radical (unpaired) electrons. The molecule has 3 nitrogen and oxygen atoms in total. The van der Waals surface area contributed by atoms with Gasteiger partial charge in [0, 0.05) is 16.6 Å². The molecule has 0 spiro atoms. The number of halogens is 2. The third-order valence-corrected chi connectivity index (χ3v) is 4.15. The molecule has 1 aromatic carbocycles. The van der Waals surface area contributed by atoms with Crippen LogP contribution in [0.25, 0.3) is 0 Å². The maximum Gasteiger partial charge on any atom is 0.323 e. The minimum Gasteiger partial charge on any atom is -0.465 e. The fraction of sp³-hybridized carbons (Fsp3) is 0.533. The number of hydrogen-bond acceptors (Lipinski definition) is 3. The van der Waals surface area contributed by atoms with Crippen LogP contribution in [0.5, 0.6) is 0 Å². The number of rotatable bonds is 4. The zero-order chi connectivity index (χ0) is 14.5. The van der Waals surface area contributed by atoms with Gasteiger partial charge in [0.05, 0.1) is 6.61 Å². The highest BCUT2D eigenvalue weighted by Gasteiger charge is 2.30. The lowest BCUT2D eigenvalue weighted by atomic mass is 10.0. The molecule has 20 heavy (non-hydrogen) atoms. The zero-order valence-corrected chi connectivity index (χ0v) is 13.1. The molecule has 1 heterocycles. The Labute approximate surface area is 129 Å². The Morgan fingerprint density at radius 2 is 2.20 bits per heavy atom. The van der Waals surface area contributed by atoms with Crippen LogP contribution >= 0.6 is 23.2 Å². The first-order valence-electron chi connectivity index (χ1n) is 6.96. The quantitative estimate of drug-likeness (QED) is 0.789.